The smallest absolute Gasteiger partial charge is 0.225 e. The molecule has 2 aliphatic heterocycles. The lowest BCUT2D eigenvalue weighted by atomic mass is 9.91. The highest BCUT2D eigenvalue weighted by atomic mass is 16.2. The summed E-state index contributed by atoms with van der Waals surface area (Å²) >= 11 is 0. The lowest BCUT2D eigenvalue weighted by Gasteiger charge is -2.43. The summed E-state index contributed by atoms with van der Waals surface area (Å²) in [5.74, 6) is 1.19. The maximum atomic E-state index is 12.5. The number of amides is 1. The lowest BCUT2D eigenvalue weighted by Crippen LogP contribution is -2.52. The first kappa shape index (κ1) is 19.6. The minimum absolute atomic E-state index is 0.307. The van der Waals surface area contributed by atoms with Crippen molar-refractivity contribution in [2.24, 2.45) is 0 Å². The fraction of sp³-hybridized carbons (Fsp3) is 0.773. The summed E-state index contributed by atoms with van der Waals surface area (Å²) in [7, 11) is 0. The molecule has 0 unspecified atom stereocenters. The van der Waals surface area contributed by atoms with Gasteiger partial charge < -0.3 is 9.80 Å². The van der Waals surface area contributed by atoms with E-state index >= 15 is 0 Å². The average molecular weight is 386 g/mol. The van der Waals surface area contributed by atoms with Crippen LogP contribution in [-0.2, 0) is 17.6 Å². The summed E-state index contributed by atoms with van der Waals surface area (Å²) in [6, 6.07) is 0.830. The molecule has 0 N–H and O–H groups in total. The molecule has 154 valence electrons. The Morgan fingerprint density at radius 3 is 2.57 bits per heavy atom. The minimum Gasteiger partial charge on any atom is -0.342 e. The SMILES string of the molecule is CCCCCC(=O)N1CCc2cnc(N3CCN(C4CCC4)CC3)nc2CC1. The molecule has 0 atom stereocenters. The topological polar surface area (TPSA) is 52.6 Å². The van der Waals surface area contributed by atoms with Crippen LogP contribution in [0.25, 0.3) is 0 Å². The molecule has 4 rings (SSSR count). The molecule has 0 aromatic carbocycles. The summed E-state index contributed by atoms with van der Waals surface area (Å²) in [4.78, 5) is 29.1. The zero-order valence-electron chi connectivity index (χ0n) is 17.4. The van der Waals surface area contributed by atoms with Crippen molar-refractivity contribution >= 4 is 11.9 Å². The van der Waals surface area contributed by atoms with Crippen molar-refractivity contribution in [2.45, 2.75) is 70.8 Å². The fourth-order valence-electron chi connectivity index (χ4n) is 4.59. The standard InChI is InChI=1S/C22H35N5O/c1-2-3-4-8-21(28)26-11-9-18-17-23-22(24-20(18)10-12-26)27-15-13-25(14-16-27)19-6-5-7-19/h17,19H,2-16H2,1H3. The molecule has 0 bridgehead atoms. The Hall–Kier alpha value is -1.69. The molecule has 1 amide bonds. The highest BCUT2D eigenvalue weighted by Crippen LogP contribution is 2.26. The molecule has 1 saturated heterocycles. The fourth-order valence-corrected chi connectivity index (χ4v) is 4.59. The van der Waals surface area contributed by atoms with Crippen molar-refractivity contribution in [1.29, 1.82) is 0 Å². The Labute approximate surface area is 169 Å². The summed E-state index contributed by atoms with van der Waals surface area (Å²) in [5, 5.41) is 0. The van der Waals surface area contributed by atoms with Crippen LogP contribution in [0, 0.1) is 0 Å². The zero-order valence-corrected chi connectivity index (χ0v) is 17.4. The normalized spacial score (nSPS) is 21.2. The van der Waals surface area contributed by atoms with Gasteiger partial charge in [0.25, 0.3) is 0 Å². The van der Waals surface area contributed by atoms with Crippen LogP contribution in [0.5, 0.6) is 0 Å². The number of rotatable bonds is 6. The molecule has 1 aromatic rings. The van der Waals surface area contributed by atoms with E-state index in [0.29, 0.717) is 12.3 Å². The van der Waals surface area contributed by atoms with Gasteiger partial charge in [-0.1, -0.05) is 26.2 Å². The molecule has 1 saturated carbocycles. The van der Waals surface area contributed by atoms with E-state index in [4.69, 9.17) is 4.98 Å². The van der Waals surface area contributed by atoms with Crippen molar-refractivity contribution in [3.8, 4) is 0 Å². The maximum absolute atomic E-state index is 12.5. The molecule has 1 aromatic heterocycles. The van der Waals surface area contributed by atoms with Gasteiger partial charge in [0, 0.05) is 64.3 Å². The molecule has 28 heavy (non-hydrogen) atoms. The minimum atomic E-state index is 0.307. The Balaban J connectivity index is 1.33. The van der Waals surface area contributed by atoms with Crippen LogP contribution < -0.4 is 4.90 Å². The van der Waals surface area contributed by atoms with Crippen LogP contribution in [0.2, 0.25) is 0 Å². The number of carbonyl (C=O) groups excluding carboxylic acids is 1. The molecular formula is C22H35N5O. The third-order valence-electron chi connectivity index (χ3n) is 6.75. The molecule has 6 heteroatoms. The molecule has 0 spiro atoms. The predicted octanol–water partition coefficient (Wildman–Crippen LogP) is 2.66. The van der Waals surface area contributed by atoms with Crippen LogP contribution >= 0.6 is 0 Å². The first-order chi connectivity index (χ1) is 13.7. The average Bonchev–Trinajstić information content (AvgIpc) is 2.89. The summed E-state index contributed by atoms with van der Waals surface area (Å²) in [5.41, 5.74) is 2.37. The lowest BCUT2D eigenvalue weighted by molar-refractivity contribution is -0.131. The number of unbranched alkanes of at least 4 members (excludes halogenated alkanes) is 2. The number of fused-ring (bicyclic) bond motifs is 1. The number of hydrogen-bond donors (Lipinski definition) is 0. The predicted molar refractivity (Wildman–Crippen MR) is 112 cm³/mol. The van der Waals surface area contributed by atoms with Gasteiger partial charge in [0.15, 0.2) is 0 Å². The molecular weight excluding hydrogens is 350 g/mol. The van der Waals surface area contributed by atoms with Gasteiger partial charge in [-0.15, -0.1) is 0 Å². The number of carbonyl (C=O) groups is 1. The molecule has 1 aliphatic carbocycles. The van der Waals surface area contributed by atoms with E-state index < -0.39 is 0 Å². The number of hydrogen-bond acceptors (Lipinski definition) is 5. The van der Waals surface area contributed by atoms with Gasteiger partial charge in [0.05, 0.1) is 5.69 Å². The first-order valence-electron chi connectivity index (χ1n) is 11.4. The van der Waals surface area contributed by atoms with Crippen LogP contribution in [0.15, 0.2) is 6.20 Å². The van der Waals surface area contributed by atoms with E-state index in [0.717, 1.165) is 89.1 Å². The van der Waals surface area contributed by atoms with Crippen molar-refractivity contribution in [3.63, 3.8) is 0 Å². The maximum Gasteiger partial charge on any atom is 0.225 e. The zero-order chi connectivity index (χ0) is 19.3. The van der Waals surface area contributed by atoms with Crippen molar-refractivity contribution in [1.82, 2.24) is 19.8 Å². The van der Waals surface area contributed by atoms with Gasteiger partial charge in [-0.3, -0.25) is 9.69 Å². The summed E-state index contributed by atoms with van der Waals surface area (Å²) in [6.45, 7) is 8.09. The Kier molecular flexibility index (Phi) is 6.45. The number of anilines is 1. The van der Waals surface area contributed by atoms with Crippen molar-refractivity contribution in [3.05, 3.63) is 17.5 Å². The molecule has 3 heterocycles. The third kappa shape index (κ3) is 4.48. The second kappa shape index (κ2) is 9.21. The van der Waals surface area contributed by atoms with E-state index in [1.807, 2.05) is 11.1 Å². The Morgan fingerprint density at radius 1 is 1.07 bits per heavy atom. The number of aromatic nitrogens is 2. The second-order valence-corrected chi connectivity index (χ2v) is 8.59. The summed E-state index contributed by atoms with van der Waals surface area (Å²) in [6.07, 6.45) is 11.9. The van der Waals surface area contributed by atoms with Gasteiger partial charge in [0.1, 0.15) is 0 Å². The first-order valence-corrected chi connectivity index (χ1v) is 11.4. The van der Waals surface area contributed by atoms with E-state index in [1.54, 1.807) is 0 Å². The molecule has 6 nitrogen and oxygen atoms in total. The molecule has 0 radical (unpaired) electrons. The van der Waals surface area contributed by atoms with E-state index in [-0.39, 0.29) is 0 Å². The highest BCUT2D eigenvalue weighted by molar-refractivity contribution is 5.76. The van der Waals surface area contributed by atoms with Gasteiger partial charge >= 0.3 is 0 Å². The molecule has 2 fully saturated rings. The van der Waals surface area contributed by atoms with Gasteiger partial charge in [0.2, 0.25) is 11.9 Å². The van der Waals surface area contributed by atoms with Crippen molar-refractivity contribution < 1.29 is 4.79 Å². The van der Waals surface area contributed by atoms with E-state index in [9.17, 15) is 4.79 Å². The quantitative estimate of drug-likeness (QED) is 0.705. The van der Waals surface area contributed by atoms with Gasteiger partial charge in [-0.05, 0) is 31.2 Å². The Morgan fingerprint density at radius 2 is 1.86 bits per heavy atom. The number of nitrogens with zero attached hydrogens (tertiary/aromatic N) is 5. The monoisotopic (exact) mass is 385 g/mol. The molecule has 3 aliphatic rings. The van der Waals surface area contributed by atoms with Crippen molar-refractivity contribution in [2.75, 3.05) is 44.2 Å². The largest absolute Gasteiger partial charge is 0.342 e. The van der Waals surface area contributed by atoms with Gasteiger partial charge in [-0.25, -0.2) is 9.97 Å². The van der Waals surface area contributed by atoms with Crippen LogP contribution in [0.1, 0.15) is 63.1 Å². The highest BCUT2D eigenvalue weighted by Gasteiger charge is 2.29. The Bertz CT molecular complexity index is 667. The summed E-state index contributed by atoms with van der Waals surface area (Å²) < 4.78 is 0. The van der Waals surface area contributed by atoms with Crippen LogP contribution in [0.3, 0.4) is 0 Å². The van der Waals surface area contributed by atoms with Crippen LogP contribution in [-0.4, -0.2) is 71.0 Å². The van der Waals surface area contributed by atoms with E-state index in [1.165, 1.54) is 24.8 Å². The van der Waals surface area contributed by atoms with Gasteiger partial charge in [-0.2, -0.15) is 0 Å². The number of piperazine rings is 1. The third-order valence-corrected chi connectivity index (χ3v) is 6.75. The van der Waals surface area contributed by atoms with Crippen LogP contribution in [0.4, 0.5) is 5.95 Å². The van der Waals surface area contributed by atoms with E-state index in [2.05, 4.69) is 21.7 Å². The second-order valence-electron chi connectivity index (χ2n) is 8.59.